The molecule has 1 heterocycles. The molecular formula is C28H24N2O4. The van der Waals surface area contributed by atoms with E-state index in [1.165, 1.54) is 17.0 Å². The lowest BCUT2D eigenvalue weighted by molar-refractivity contribution is 0.0765. The van der Waals surface area contributed by atoms with Gasteiger partial charge in [-0.1, -0.05) is 35.7 Å². The van der Waals surface area contributed by atoms with E-state index >= 15 is 0 Å². The van der Waals surface area contributed by atoms with Gasteiger partial charge in [-0.3, -0.25) is 14.4 Å². The van der Waals surface area contributed by atoms with Crippen LogP contribution in [0.25, 0.3) is 0 Å². The topological polar surface area (TPSA) is 66.9 Å². The number of amides is 3. The summed E-state index contributed by atoms with van der Waals surface area (Å²) in [6.07, 6.45) is 5.51. The first-order valence-electron chi connectivity index (χ1n) is 11.0. The zero-order chi connectivity index (χ0) is 24.2. The highest BCUT2D eigenvalue weighted by molar-refractivity contribution is 6.34. The second-order valence-corrected chi connectivity index (χ2v) is 7.98. The van der Waals surface area contributed by atoms with Crippen LogP contribution in [0.1, 0.15) is 49.1 Å². The number of carbonyl (C=O) groups is 3. The molecule has 170 valence electrons. The predicted octanol–water partition coefficient (Wildman–Crippen LogP) is 4.47. The maximum Gasteiger partial charge on any atom is 0.266 e. The van der Waals surface area contributed by atoms with Crippen LogP contribution < -0.4 is 9.64 Å². The molecule has 0 saturated heterocycles. The highest BCUT2D eigenvalue weighted by Crippen LogP contribution is 2.30. The van der Waals surface area contributed by atoms with E-state index in [-0.39, 0.29) is 23.6 Å². The van der Waals surface area contributed by atoms with Gasteiger partial charge in [-0.25, -0.2) is 4.90 Å². The summed E-state index contributed by atoms with van der Waals surface area (Å²) in [7, 11) is 0. The van der Waals surface area contributed by atoms with Gasteiger partial charge < -0.3 is 9.64 Å². The smallest absolute Gasteiger partial charge is 0.266 e. The number of hydrogen-bond acceptors (Lipinski definition) is 4. The van der Waals surface area contributed by atoms with Crippen LogP contribution in [0.15, 0.2) is 66.7 Å². The Morgan fingerprint density at radius 2 is 1.65 bits per heavy atom. The summed E-state index contributed by atoms with van der Waals surface area (Å²) < 4.78 is 5.43. The van der Waals surface area contributed by atoms with Gasteiger partial charge in [0.1, 0.15) is 5.75 Å². The number of imide groups is 1. The molecule has 0 aromatic heterocycles. The number of fused-ring (bicyclic) bond motifs is 1. The number of aryl methyl sites for hydroxylation is 1. The van der Waals surface area contributed by atoms with E-state index in [0.717, 1.165) is 16.0 Å². The first-order chi connectivity index (χ1) is 16.4. The Labute approximate surface area is 198 Å². The maximum atomic E-state index is 13.3. The zero-order valence-corrected chi connectivity index (χ0v) is 19.1. The quantitative estimate of drug-likeness (QED) is 0.392. The van der Waals surface area contributed by atoms with Crippen molar-refractivity contribution in [2.75, 3.05) is 18.1 Å². The van der Waals surface area contributed by atoms with Gasteiger partial charge in [-0.05, 0) is 61.9 Å². The van der Waals surface area contributed by atoms with Gasteiger partial charge in [0.25, 0.3) is 17.7 Å². The number of terminal acetylenes is 1. The first-order valence-corrected chi connectivity index (χ1v) is 11.0. The van der Waals surface area contributed by atoms with Gasteiger partial charge in [0.2, 0.25) is 0 Å². The molecule has 0 spiro atoms. The SMILES string of the molecule is C#CCN(Cc1ccc(C)cc1)C(=O)c1ccc2c(c1)C(=O)N(c1ccc(OCC)cc1)C2=O. The van der Waals surface area contributed by atoms with E-state index in [0.29, 0.717) is 30.2 Å². The van der Waals surface area contributed by atoms with Crippen molar-refractivity contribution >= 4 is 23.4 Å². The third kappa shape index (κ3) is 4.41. The van der Waals surface area contributed by atoms with Crippen LogP contribution in [0, 0.1) is 19.3 Å². The number of benzene rings is 3. The minimum absolute atomic E-state index is 0.120. The second-order valence-electron chi connectivity index (χ2n) is 7.98. The molecule has 6 nitrogen and oxygen atoms in total. The molecule has 0 atom stereocenters. The highest BCUT2D eigenvalue weighted by Gasteiger charge is 2.37. The Bertz CT molecular complexity index is 1290. The van der Waals surface area contributed by atoms with Gasteiger partial charge >= 0.3 is 0 Å². The van der Waals surface area contributed by atoms with Crippen LogP contribution in [0.5, 0.6) is 5.75 Å². The summed E-state index contributed by atoms with van der Waals surface area (Å²) in [6.45, 7) is 4.85. The lowest BCUT2D eigenvalue weighted by atomic mass is 10.0. The average molecular weight is 453 g/mol. The normalized spacial score (nSPS) is 12.3. The van der Waals surface area contributed by atoms with Gasteiger partial charge in [0, 0.05) is 12.1 Å². The third-order valence-corrected chi connectivity index (χ3v) is 5.60. The van der Waals surface area contributed by atoms with E-state index in [1.807, 2.05) is 38.1 Å². The fourth-order valence-electron chi connectivity index (χ4n) is 3.87. The molecule has 3 aromatic rings. The van der Waals surface area contributed by atoms with Crippen LogP contribution in [0.4, 0.5) is 5.69 Å². The first kappa shape index (κ1) is 22.8. The molecule has 0 unspecified atom stereocenters. The molecule has 0 fully saturated rings. The number of carbonyl (C=O) groups excluding carboxylic acids is 3. The summed E-state index contributed by atoms with van der Waals surface area (Å²) in [5, 5.41) is 0. The molecular weight excluding hydrogens is 428 g/mol. The fourth-order valence-corrected chi connectivity index (χ4v) is 3.87. The molecule has 0 bridgehead atoms. The summed E-state index contributed by atoms with van der Waals surface area (Å²) in [6, 6.07) is 19.2. The van der Waals surface area contributed by atoms with Crippen LogP contribution >= 0.6 is 0 Å². The van der Waals surface area contributed by atoms with Crippen molar-refractivity contribution in [1.82, 2.24) is 4.90 Å². The Morgan fingerprint density at radius 3 is 2.29 bits per heavy atom. The van der Waals surface area contributed by atoms with Crippen molar-refractivity contribution in [1.29, 1.82) is 0 Å². The predicted molar refractivity (Wildman–Crippen MR) is 130 cm³/mol. The van der Waals surface area contributed by atoms with Crippen molar-refractivity contribution in [2.24, 2.45) is 0 Å². The zero-order valence-electron chi connectivity index (χ0n) is 19.1. The largest absolute Gasteiger partial charge is 0.494 e. The minimum Gasteiger partial charge on any atom is -0.494 e. The van der Waals surface area contributed by atoms with E-state index in [1.54, 1.807) is 30.3 Å². The monoisotopic (exact) mass is 452 g/mol. The lowest BCUT2D eigenvalue weighted by Gasteiger charge is -2.21. The van der Waals surface area contributed by atoms with Gasteiger partial charge in [-0.2, -0.15) is 0 Å². The number of ether oxygens (including phenoxy) is 1. The van der Waals surface area contributed by atoms with Crippen molar-refractivity contribution in [2.45, 2.75) is 20.4 Å². The van der Waals surface area contributed by atoms with E-state index < -0.39 is 11.8 Å². The van der Waals surface area contributed by atoms with Crippen LogP contribution in [-0.2, 0) is 6.54 Å². The molecule has 0 aliphatic carbocycles. The van der Waals surface area contributed by atoms with Crippen molar-refractivity contribution in [3.05, 3.63) is 94.5 Å². The molecule has 4 rings (SSSR count). The summed E-state index contributed by atoms with van der Waals surface area (Å²) in [4.78, 5) is 42.0. The van der Waals surface area contributed by atoms with Crippen molar-refractivity contribution in [3.63, 3.8) is 0 Å². The Kier molecular flexibility index (Phi) is 6.46. The lowest BCUT2D eigenvalue weighted by Crippen LogP contribution is -2.31. The minimum atomic E-state index is -0.471. The summed E-state index contributed by atoms with van der Waals surface area (Å²) in [5.41, 5.74) is 3.27. The highest BCUT2D eigenvalue weighted by atomic mass is 16.5. The molecule has 3 aromatic carbocycles. The van der Waals surface area contributed by atoms with Crippen molar-refractivity contribution in [3.8, 4) is 18.1 Å². The maximum absolute atomic E-state index is 13.3. The number of rotatable bonds is 7. The molecule has 0 saturated carbocycles. The van der Waals surface area contributed by atoms with Gasteiger partial charge in [0.15, 0.2) is 0 Å². The molecule has 0 N–H and O–H groups in total. The van der Waals surface area contributed by atoms with Crippen LogP contribution in [0.3, 0.4) is 0 Å². The molecule has 34 heavy (non-hydrogen) atoms. The summed E-state index contributed by atoms with van der Waals surface area (Å²) in [5.74, 6) is 1.97. The molecule has 0 radical (unpaired) electrons. The molecule has 6 heteroatoms. The fraction of sp³-hybridized carbons (Fsp3) is 0.179. The van der Waals surface area contributed by atoms with E-state index in [2.05, 4.69) is 5.92 Å². The summed E-state index contributed by atoms with van der Waals surface area (Å²) >= 11 is 0. The van der Waals surface area contributed by atoms with Gasteiger partial charge in [-0.15, -0.1) is 6.42 Å². The van der Waals surface area contributed by atoms with Crippen molar-refractivity contribution < 1.29 is 19.1 Å². The number of anilines is 1. The molecule has 1 aliphatic rings. The molecule has 1 aliphatic heterocycles. The van der Waals surface area contributed by atoms with Crippen LogP contribution in [-0.4, -0.2) is 35.8 Å². The average Bonchev–Trinajstić information content (AvgIpc) is 3.10. The van der Waals surface area contributed by atoms with Crippen LogP contribution in [0.2, 0.25) is 0 Å². The van der Waals surface area contributed by atoms with Gasteiger partial charge in [0.05, 0.1) is 30.0 Å². The van der Waals surface area contributed by atoms with E-state index in [9.17, 15) is 14.4 Å². The Morgan fingerprint density at radius 1 is 0.971 bits per heavy atom. The Hall–Kier alpha value is -4.37. The second kappa shape index (κ2) is 9.63. The molecule has 3 amide bonds. The standard InChI is InChI=1S/C28H24N2O4/c1-4-16-29(18-20-8-6-19(3)7-9-20)26(31)21-10-15-24-25(17-21)28(33)30(27(24)32)22-11-13-23(14-12-22)34-5-2/h1,6-15,17H,5,16,18H2,2-3H3. The third-order valence-electron chi connectivity index (χ3n) is 5.60. The Balaban J connectivity index is 1.59. The van der Waals surface area contributed by atoms with E-state index in [4.69, 9.17) is 11.2 Å². The number of hydrogen-bond donors (Lipinski definition) is 0. The number of nitrogens with zero attached hydrogens (tertiary/aromatic N) is 2.